The van der Waals surface area contributed by atoms with Crippen LogP contribution in [0.1, 0.15) is 90.4 Å². The van der Waals surface area contributed by atoms with Crippen molar-refractivity contribution < 1.29 is 38.1 Å². The zero-order valence-electron chi connectivity index (χ0n) is 26.4. The molecule has 3 aliphatic rings. The number of rotatable bonds is 11. The molecule has 236 valence electrons. The van der Waals surface area contributed by atoms with Crippen LogP contribution in [0.2, 0.25) is 0 Å². The fraction of sp³-hybridized carbons (Fsp3) is 0.636. The maximum Gasteiger partial charge on any atom is 0.414 e. The number of ether oxygens (including phenoxy) is 4. The molecule has 10 nitrogen and oxygen atoms in total. The van der Waals surface area contributed by atoms with Crippen LogP contribution in [-0.2, 0) is 28.5 Å². The third kappa shape index (κ3) is 7.91. The molecular weight excluding hydrogens is 552 g/mol. The number of ketones is 1. The van der Waals surface area contributed by atoms with Crippen molar-refractivity contribution in [3.63, 3.8) is 0 Å². The third-order valence-corrected chi connectivity index (χ3v) is 8.79. The van der Waals surface area contributed by atoms with Crippen molar-refractivity contribution in [2.45, 2.75) is 110 Å². The molecule has 0 radical (unpaired) electrons. The summed E-state index contributed by atoms with van der Waals surface area (Å²) >= 11 is 0. The summed E-state index contributed by atoms with van der Waals surface area (Å²) in [5, 5.41) is 5.07. The van der Waals surface area contributed by atoms with E-state index in [0.717, 1.165) is 6.42 Å². The van der Waals surface area contributed by atoms with Crippen molar-refractivity contribution >= 4 is 29.4 Å². The van der Waals surface area contributed by atoms with Gasteiger partial charge in [-0.05, 0) is 70.7 Å². The summed E-state index contributed by atoms with van der Waals surface area (Å²) in [4.78, 5) is 49.9. The Morgan fingerprint density at radius 2 is 1.77 bits per heavy atom. The second-order valence-electron chi connectivity index (χ2n) is 13.4. The maximum atomic E-state index is 12.8. The molecule has 2 N–H and O–H groups in total. The summed E-state index contributed by atoms with van der Waals surface area (Å²) in [6.45, 7) is 12.4. The number of alkyl carbamates (subject to hydrolysis) is 1. The molecule has 1 aromatic carbocycles. The molecule has 2 aliphatic heterocycles. The zero-order valence-corrected chi connectivity index (χ0v) is 26.4. The summed E-state index contributed by atoms with van der Waals surface area (Å²) in [7, 11) is 1.60. The second-order valence-corrected chi connectivity index (χ2v) is 13.4. The number of hydrogen-bond donors (Lipinski definition) is 2. The Bertz CT molecular complexity index is 1240. The van der Waals surface area contributed by atoms with Crippen LogP contribution in [-0.4, -0.2) is 66.9 Å². The molecule has 3 amide bonds. The predicted molar refractivity (Wildman–Crippen MR) is 161 cm³/mol. The highest BCUT2D eigenvalue weighted by Crippen LogP contribution is 2.59. The first-order valence-electron chi connectivity index (χ1n) is 15.1. The lowest BCUT2D eigenvalue weighted by Gasteiger charge is -2.42. The number of Topliss-reactive ketones (excluding diaryl/α,β-unsaturated/α-hetero) is 1. The van der Waals surface area contributed by atoms with E-state index in [9.17, 15) is 19.2 Å². The Morgan fingerprint density at radius 1 is 1.09 bits per heavy atom. The Kier molecular flexibility index (Phi) is 9.83. The van der Waals surface area contributed by atoms with Gasteiger partial charge in [-0.2, -0.15) is 0 Å². The molecule has 3 fully saturated rings. The van der Waals surface area contributed by atoms with E-state index in [1.807, 2.05) is 20.8 Å². The van der Waals surface area contributed by atoms with Gasteiger partial charge in [0.15, 0.2) is 0 Å². The average Bonchev–Trinajstić information content (AvgIpc) is 3.85. The summed E-state index contributed by atoms with van der Waals surface area (Å²) in [5.74, 6) is -0.838. The number of epoxide rings is 2. The molecule has 1 aliphatic carbocycles. The van der Waals surface area contributed by atoms with E-state index < -0.39 is 35.2 Å². The van der Waals surface area contributed by atoms with Gasteiger partial charge in [0, 0.05) is 36.6 Å². The van der Waals surface area contributed by atoms with Crippen molar-refractivity contribution in [2.75, 3.05) is 19.0 Å². The number of methoxy groups -OCH3 is 1. The van der Waals surface area contributed by atoms with Crippen LogP contribution in [0.4, 0.5) is 10.5 Å². The van der Waals surface area contributed by atoms with Gasteiger partial charge in [-0.1, -0.05) is 32.4 Å². The Labute approximate surface area is 254 Å². The number of allylic oxidation sites excluding steroid dienone is 1. The molecule has 0 aromatic heterocycles. The summed E-state index contributed by atoms with van der Waals surface area (Å²) in [5.41, 5.74) is 0.751. The van der Waals surface area contributed by atoms with Crippen molar-refractivity contribution in [3.8, 4) is 0 Å². The van der Waals surface area contributed by atoms with Gasteiger partial charge in [-0.3, -0.25) is 19.7 Å². The normalized spacial score (nSPS) is 29.4. The SMILES string of the molecule is CO[C@H]1[C@H](C2(C)O[C@@H]2CC=C(C)C)[C@]2(CC[C@H]1OC(=O)NC(=O)c1ccc(NC(=O)CCCC(=O)C(C)(C)C)cc1)CO2. The van der Waals surface area contributed by atoms with Gasteiger partial charge >= 0.3 is 6.09 Å². The van der Waals surface area contributed by atoms with E-state index in [1.54, 1.807) is 19.2 Å². The lowest BCUT2D eigenvalue weighted by Crippen LogP contribution is -2.56. The van der Waals surface area contributed by atoms with Gasteiger partial charge in [-0.15, -0.1) is 0 Å². The first-order valence-corrected chi connectivity index (χ1v) is 15.1. The molecule has 1 unspecified atom stereocenters. The van der Waals surface area contributed by atoms with Crippen LogP contribution >= 0.6 is 0 Å². The number of benzene rings is 1. The van der Waals surface area contributed by atoms with Crippen LogP contribution < -0.4 is 10.6 Å². The first-order chi connectivity index (χ1) is 20.2. The number of anilines is 1. The number of carbonyl (C=O) groups excluding carboxylic acids is 4. The number of hydrogen-bond acceptors (Lipinski definition) is 8. The fourth-order valence-corrected chi connectivity index (χ4v) is 6.11. The van der Waals surface area contributed by atoms with Crippen LogP contribution in [0.15, 0.2) is 35.9 Å². The van der Waals surface area contributed by atoms with Gasteiger partial charge in [0.2, 0.25) is 5.91 Å². The van der Waals surface area contributed by atoms with Crippen molar-refractivity contribution in [2.24, 2.45) is 11.3 Å². The fourth-order valence-electron chi connectivity index (χ4n) is 6.11. The van der Waals surface area contributed by atoms with Crippen LogP contribution in [0.5, 0.6) is 0 Å². The maximum absolute atomic E-state index is 12.8. The van der Waals surface area contributed by atoms with Crippen LogP contribution in [0.25, 0.3) is 0 Å². The topological polar surface area (TPSA) is 136 Å². The lowest BCUT2D eigenvalue weighted by atomic mass is 9.68. The first kappa shape index (κ1) is 32.8. The van der Waals surface area contributed by atoms with E-state index in [4.69, 9.17) is 18.9 Å². The van der Waals surface area contributed by atoms with Gasteiger partial charge in [0.05, 0.1) is 18.6 Å². The van der Waals surface area contributed by atoms with E-state index in [2.05, 4.69) is 37.5 Å². The van der Waals surface area contributed by atoms with Crippen molar-refractivity contribution in [3.05, 3.63) is 41.5 Å². The minimum atomic E-state index is -0.853. The zero-order chi connectivity index (χ0) is 31.6. The number of nitrogens with one attached hydrogen (secondary N) is 2. The summed E-state index contributed by atoms with van der Waals surface area (Å²) in [6.07, 6.45) is 3.39. The minimum Gasteiger partial charge on any atom is -0.443 e. The highest BCUT2D eigenvalue weighted by Gasteiger charge is 2.72. The van der Waals surface area contributed by atoms with Gasteiger partial charge in [0.25, 0.3) is 5.91 Å². The van der Waals surface area contributed by atoms with E-state index in [1.165, 1.54) is 17.7 Å². The number of amides is 3. The smallest absolute Gasteiger partial charge is 0.414 e. The lowest BCUT2D eigenvalue weighted by molar-refractivity contribution is -0.126. The Hall–Kier alpha value is -3.08. The molecule has 2 heterocycles. The Balaban J connectivity index is 1.28. The minimum absolute atomic E-state index is 0.0331. The van der Waals surface area contributed by atoms with Crippen molar-refractivity contribution in [1.82, 2.24) is 5.32 Å². The number of imide groups is 1. The molecule has 2 saturated heterocycles. The highest BCUT2D eigenvalue weighted by molar-refractivity contribution is 6.03. The standard InChI is InChI=1S/C33H46N2O8/c1-20(2)11-16-25-32(6,43-25)28-27(40-7)23(17-18-33(28)19-41-33)42-30(39)35-29(38)21-12-14-22(15-13-21)34-26(37)10-8-9-24(36)31(3,4)5/h11-15,23,25,27-28H,8-10,16-19H2,1-7H3,(H,34,37)(H,35,38,39)/t23-,25-,27-,28-,32?,33+/m1/s1. The van der Waals surface area contributed by atoms with E-state index in [-0.39, 0.29) is 41.3 Å². The second kappa shape index (κ2) is 12.9. The molecule has 1 spiro atoms. The quantitative estimate of drug-likeness (QED) is 0.257. The predicted octanol–water partition coefficient (Wildman–Crippen LogP) is 5.35. The molecule has 1 aromatic rings. The number of carbonyl (C=O) groups is 4. The van der Waals surface area contributed by atoms with Gasteiger partial charge in [-0.25, -0.2) is 4.79 Å². The van der Waals surface area contributed by atoms with E-state index in [0.29, 0.717) is 38.0 Å². The largest absolute Gasteiger partial charge is 0.443 e. The molecule has 1 saturated carbocycles. The van der Waals surface area contributed by atoms with Gasteiger partial charge < -0.3 is 24.3 Å². The third-order valence-electron chi connectivity index (χ3n) is 8.79. The monoisotopic (exact) mass is 598 g/mol. The summed E-state index contributed by atoms with van der Waals surface area (Å²) in [6, 6.07) is 6.20. The molecular formula is C33H46N2O8. The molecule has 0 bridgehead atoms. The van der Waals surface area contributed by atoms with Gasteiger partial charge in [0.1, 0.15) is 29.2 Å². The van der Waals surface area contributed by atoms with Crippen molar-refractivity contribution in [1.29, 1.82) is 0 Å². The summed E-state index contributed by atoms with van der Waals surface area (Å²) < 4.78 is 23.8. The van der Waals surface area contributed by atoms with Crippen LogP contribution in [0.3, 0.4) is 0 Å². The average molecular weight is 599 g/mol. The highest BCUT2D eigenvalue weighted by atomic mass is 16.6. The Morgan fingerprint density at radius 3 is 2.35 bits per heavy atom. The van der Waals surface area contributed by atoms with Crippen LogP contribution in [0, 0.1) is 11.3 Å². The molecule has 6 atom stereocenters. The van der Waals surface area contributed by atoms with E-state index >= 15 is 0 Å². The molecule has 4 rings (SSSR count). The molecule has 43 heavy (non-hydrogen) atoms. The molecule has 10 heteroatoms.